The summed E-state index contributed by atoms with van der Waals surface area (Å²) in [6, 6.07) is 5.42. The van der Waals surface area contributed by atoms with E-state index in [1.54, 1.807) is 6.92 Å². The van der Waals surface area contributed by atoms with Gasteiger partial charge >= 0.3 is 11.6 Å². The molecule has 0 bridgehead atoms. The summed E-state index contributed by atoms with van der Waals surface area (Å²) in [5, 5.41) is 11.1. The monoisotopic (exact) mass is 302 g/mol. The number of nitrogens with two attached hydrogens (primary N) is 1. The molecule has 22 heavy (non-hydrogen) atoms. The van der Waals surface area contributed by atoms with E-state index in [1.165, 1.54) is 6.07 Å². The van der Waals surface area contributed by atoms with Gasteiger partial charge in [-0.1, -0.05) is 17.7 Å². The number of nitro groups is 1. The number of benzene rings is 1. The molecule has 0 unspecified atom stereocenters. The second kappa shape index (κ2) is 5.88. The highest BCUT2D eigenvalue weighted by molar-refractivity contribution is 5.64. The fraction of sp³-hybridized carbons (Fsp3) is 0.267. The van der Waals surface area contributed by atoms with E-state index in [1.807, 2.05) is 32.9 Å². The van der Waals surface area contributed by atoms with Crippen LogP contribution in [0.25, 0.3) is 0 Å². The first kappa shape index (κ1) is 15.6. The SMILES string of the molecule is Cc1cc(C)c(NOc2nc(C)cc(N)c2[N+](=O)[O-])c(C)c1. The average molecular weight is 302 g/mol. The van der Waals surface area contributed by atoms with Gasteiger partial charge in [-0.25, -0.2) is 10.5 Å². The summed E-state index contributed by atoms with van der Waals surface area (Å²) in [6.07, 6.45) is 0. The number of rotatable bonds is 4. The zero-order valence-electron chi connectivity index (χ0n) is 12.9. The van der Waals surface area contributed by atoms with Gasteiger partial charge in [0, 0.05) is 5.69 Å². The van der Waals surface area contributed by atoms with E-state index in [4.69, 9.17) is 10.6 Å². The summed E-state index contributed by atoms with van der Waals surface area (Å²) in [7, 11) is 0. The van der Waals surface area contributed by atoms with Crippen molar-refractivity contribution in [3.8, 4) is 5.88 Å². The molecule has 2 rings (SSSR count). The van der Waals surface area contributed by atoms with E-state index in [2.05, 4.69) is 10.5 Å². The van der Waals surface area contributed by atoms with Crippen molar-refractivity contribution in [1.82, 2.24) is 4.98 Å². The van der Waals surface area contributed by atoms with E-state index in [-0.39, 0.29) is 17.3 Å². The van der Waals surface area contributed by atoms with Crippen LogP contribution in [0.5, 0.6) is 5.88 Å². The Balaban J connectivity index is 2.35. The summed E-state index contributed by atoms with van der Waals surface area (Å²) >= 11 is 0. The molecule has 7 nitrogen and oxygen atoms in total. The van der Waals surface area contributed by atoms with Crippen molar-refractivity contribution in [2.24, 2.45) is 0 Å². The summed E-state index contributed by atoms with van der Waals surface area (Å²) in [6.45, 7) is 7.55. The van der Waals surface area contributed by atoms with Gasteiger partial charge in [-0.15, -0.1) is 0 Å². The Morgan fingerprint density at radius 3 is 2.32 bits per heavy atom. The zero-order chi connectivity index (χ0) is 16.4. The van der Waals surface area contributed by atoms with Gasteiger partial charge in [0.25, 0.3) is 0 Å². The molecule has 0 saturated heterocycles. The predicted octanol–water partition coefficient (Wildman–Crippen LogP) is 3.21. The lowest BCUT2D eigenvalue weighted by Crippen LogP contribution is -2.12. The molecule has 0 aliphatic heterocycles. The van der Waals surface area contributed by atoms with Crippen LogP contribution in [-0.2, 0) is 0 Å². The van der Waals surface area contributed by atoms with Crippen LogP contribution in [-0.4, -0.2) is 9.91 Å². The minimum Gasteiger partial charge on any atom is -0.393 e. The van der Waals surface area contributed by atoms with Gasteiger partial charge in [0.15, 0.2) is 0 Å². The number of nitrogens with zero attached hydrogens (tertiary/aromatic N) is 2. The lowest BCUT2D eigenvalue weighted by atomic mass is 10.1. The van der Waals surface area contributed by atoms with E-state index < -0.39 is 4.92 Å². The first-order valence-corrected chi connectivity index (χ1v) is 6.71. The maximum Gasteiger partial charge on any atom is 0.356 e. The third-order valence-corrected chi connectivity index (χ3v) is 3.23. The molecule has 2 aromatic rings. The Morgan fingerprint density at radius 2 is 1.77 bits per heavy atom. The van der Waals surface area contributed by atoms with E-state index in [0.29, 0.717) is 5.69 Å². The smallest absolute Gasteiger partial charge is 0.356 e. The molecule has 0 fully saturated rings. The van der Waals surface area contributed by atoms with Crippen LogP contribution in [0.4, 0.5) is 17.1 Å². The average Bonchev–Trinajstić information content (AvgIpc) is 2.35. The zero-order valence-corrected chi connectivity index (χ0v) is 12.9. The highest BCUT2D eigenvalue weighted by Crippen LogP contribution is 2.32. The summed E-state index contributed by atoms with van der Waals surface area (Å²) in [5.74, 6) is -0.151. The number of anilines is 2. The van der Waals surface area contributed by atoms with Crippen molar-refractivity contribution in [3.63, 3.8) is 0 Å². The Bertz CT molecular complexity index is 721. The molecular formula is C15H18N4O3. The van der Waals surface area contributed by atoms with Crippen LogP contribution in [0.3, 0.4) is 0 Å². The predicted molar refractivity (Wildman–Crippen MR) is 84.9 cm³/mol. The molecule has 0 radical (unpaired) electrons. The highest BCUT2D eigenvalue weighted by Gasteiger charge is 2.23. The quantitative estimate of drug-likeness (QED) is 0.664. The van der Waals surface area contributed by atoms with Crippen molar-refractivity contribution >= 4 is 17.1 Å². The number of pyridine rings is 1. The minimum absolute atomic E-state index is 0.0200. The largest absolute Gasteiger partial charge is 0.393 e. The van der Waals surface area contributed by atoms with Crippen LogP contribution >= 0.6 is 0 Å². The van der Waals surface area contributed by atoms with Crippen LogP contribution < -0.4 is 16.1 Å². The van der Waals surface area contributed by atoms with Gasteiger partial charge in [0.2, 0.25) is 0 Å². The third-order valence-electron chi connectivity index (χ3n) is 3.23. The van der Waals surface area contributed by atoms with Crippen molar-refractivity contribution < 1.29 is 9.76 Å². The molecule has 1 aromatic heterocycles. The molecule has 0 aliphatic rings. The molecule has 3 N–H and O–H groups in total. The third kappa shape index (κ3) is 3.08. The van der Waals surface area contributed by atoms with Gasteiger partial charge in [-0.3, -0.25) is 10.1 Å². The molecular weight excluding hydrogens is 284 g/mol. The standard InChI is InChI=1S/C15H18N4O3/c1-8-5-9(2)13(10(3)6-8)18-22-15-14(19(20)21)12(16)7-11(4)17-15/h5-7,18H,1-4H3,(H2,16,17). The summed E-state index contributed by atoms with van der Waals surface area (Å²) < 4.78 is 0. The van der Waals surface area contributed by atoms with E-state index >= 15 is 0 Å². The molecule has 0 saturated carbocycles. The molecule has 1 aromatic carbocycles. The Hall–Kier alpha value is -2.83. The molecule has 0 aliphatic carbocycles. The fourth-order valence-corrected chi connectivity index (χ4v) is 2.36. The number of nitrogen functional groups attached to an aromatic ring is 1. The van der Waals surface area contributed by atoms with E-state index in [0.717, 1.165) is 22.4 Å². The molecule has 116 valence electrons. The normalized spacial score (nSPS) is 10.4. The summed E-state index contributed by atoms with van der Waals surface area (Å²) in [5.41, 5.74) is 12.5. The molecule has 0 amide bonds. The first-order chi connectivity index (χ1) is 10.3. The van der Waals surface area contributed by atoms with Crippen LogP contribution in [0.1, 0.15) is 22.4 Å². The topological polar surface area (TPSA) is 103 Å². The molecule has 7 heteroatoms. The lowest BCUT2D eigenvalue weighted by molar-refractivity contribution is -0.385. The van der Waals surface area contributed by atoms with Crippen LogP contribution in [0, 0.1) is 37.8 Å². The minimum atomic E-state index is -0.604. The second-order valence-electron chi connectivity index (χ2n) is 5.24. The molecule has 0 spiro atoms. The maximum absolute atomic E-state index is 11.1. The second-order valence-corrected chi connectivity index (χ2v) is 5.24. The van der Waals surface area contributed by atoms with Crippen molar-refractivity contribution in [2.75, 3.05) is 11.2 Å². The van der Waals surface area contributed by atoms with Crippen LogP contribution in [0.15, 0.2) is 18.2 Å². The van der Waals surface area contributed by atoms with Gasteiger partial charge < -0.3 is 10.6 Å². The van der Waals surface area contributed by atoms with Gasteiger partial charge in [-0.05, 0) is 44.9 Å². The van der Waals surface area contributed by atoms with Crippen LogP contribution in [0.2, 0.25) is 0 Å². The van der Waals surface area contributed by atoms with E-state index in [9.17, 15) is 10.1 Å². The number of hydrogen-bond donors (Lipinski definition) is 2. The fourth-order valence-electron chi connectivity index (χ4n) is 2.36. The van der Waals surface area contributed by atoms with Gasteiger partial charge in [0.1, 0.15) is 5.69 Å². The number of aryl methyl sites for hydroxylation is 4. The van der Waals surface area contributed by atoms with Gasteiger partial charge in [0.05, 0.1) is 10.6 Å². The summed E-state index contributed by atoms with van der Waals surface area (Å²) in [4.78, 5) is 19.9. The number of hydrogen-bond acceptors (Lipinski definition) is 6. The maximum atomic E-state index is 11.1. The highest BCUT2D eigenvalue weighted by atomic mass is 16.7. The Morgan fingerprint density at radius 1 is 1.18 bits per heavy atom. The Labute approximate surface area is 128 Å². The molecule has 1 heterocycles. The number of nitrogens with one attached hydrogen (secondary N) is 1. The Kier molecular flexibility index (Phi) is 4.16. The van der Waals surface area contributed by atoms with Crippen molar-refractivity contribution in [2.45, 2.75) is 27.7 Å². The van der Waals surface area contributed by atoms with Crippen molar-refractivity contribution in [1.29, 1.82) is 0 Å². The first-order valence-electron chi connectivity index (χ1n) is 6.71. The lowest BCUT2D eigenvalue weighted by Gasteiger charge is -2.14. The van der Waals surface area contributed by atoms with Gasteiger partial charge in [-0.2, -0.15) is 0 Å². The molecule has 0 atom stereocenters. The van der Waals surface area contributed by atoms with Crippen molar-refractivity contribution in [3.05, 3.63) is 50.7 Å². The number of aromatic nitrogens is 1.